The molecule has 2 rings (SSSR count). The summed E-state index contributed by atoms with van der Waals surface area (Å²) < 4.78 is 0.435. The van der Waals surface area contributed by atoms with Crippen molar-refractivity contribution in [2.24, 2.45) is 11.0 Å². The van der Waals surface area contributed by atoms with Gasteiger partial charge in [0.05, 0.1) is 6.20 Å². The summed E-state index contributed by atoms with van der Waals surface area (Å²) in [5.74, 6) is 0.357. The second-order valence-electron chi connectivity index (χ2n) is 3.80. The molecule has 0 aromatic carbocycles. The molecule has 1 aliphatic rings. The van der Waals surface area contributed by atoms with E-state index in [1.54, 1.807) is 0 Å². The maximum Gasteiger partial charge on any atom is 0.228 e. The molecule has 1 atom stereocenters. The van der Waals surface area contributed by atoms with Gasteiger partial charge in [-0.05, 0) is 27.4 Å². The molecule has 2 heterocycles. The van der Waals surface area contributed by atoms with Crippen LogP contribution in [-0.4, -0.2) is 29.0 Å². The van der Waals surface area contributed by atoms with E-state index in [4.69, 9.17) is 17.1 Å². The predicted octanol–water partition coefficient (Wildman–Crippen LogP) is 2.56. The summed E-state index contributed by atoms with van der Waals surface area (Å²) in [5, 5.41) is 3.69. The Bertz CT molecular complexity index is 532. The zero-order chi connectivity index (χ0) is 13.1. The number of carbonyl (C=O) groups is 1. The molecule has 18 heavy (non-hydrogen) atoms. The molecule has 0 aliphatic carbocycles. The Hall–Kier alpha value is -1.37. The van der Waals surface area contributed by atoms with Crippen molar-refractivity contribution in [3.63, 3.8) is 0 Å². The number of amides is 1. The third-order valence-electron chi connectivity index (χ3n) is 2.56. The van der Waals surface area contributed by atoms with Gasteiger partial charge in [0.25, 0.3) is 0 Å². The second kappa shape index (κ2) is 5.51. The molecular weight excluding hydrogens is 323 g/mol. The zero-order valence-corrected chi connectivity index (χ0v) is 11.5. The molecule has 1 unspecified atom stereocenters. The standard InChI is InChI=1S/C9H8BrClN6O/c10-8-9(11)15-6(3-13-8)17-4-5(1-7(17)18)2-14-16-12/h3,5H,1-2,4H2. The van der Waals surface area contributed by atoms with Crippen LogP contribution in [0.3, 0.4) is 0 Å². The Morgan fingerprint density at radius 3 is 3.17 bits per heavy atom. The van der Waals surface area contributed by atoms with Gasteiger partial charge < -0.3 is 0 Å². The van der Waals surface area contributed by atoms with Gasteiger partial charge in [-0.3, -0.25) is 9.69 Å². The number of carbonyl (C=O) groups excluding carboxylic acids is 1. The molecule has 1 fully saturated rings. The Morgan fingerprint density at radius 2 is 2.50 bits per heavy atom. The van der Waals surface area contributed by atoms with E-state index >= 15 is 0 Å². The van der Waals surface area contributed by atoms with E-state index in [0.717, 1.165) is 0 Å². The maximum atomic E-state index is 11.8. The number of hydrogen-bond acceptors (Lipinski definition) is 4. The summed E-state index contributed by atoms with van der Waals surface area (Å²) in [4.78, 5) is 24.1. The summed E-state index contributed by atoms with van der Waals surface area (Å²) in [6.45, 7) is 0.765. The second-order valence-corrected chi connectivity index (χ2v) is 4.91. The fourth-order valence-corrected chi connectivity index (χ4v) is 2.08. The normalized spacial score (nSPS) is 18.9. The van der Waals surface area contributed by atoms with Crippen LogP contribution in [0.1, 0.15) is 6.42 Å². The number of aromatic nitrogens is 2. The van der Waals surface area contributed by atoms with Crippen LogP contribution in [0.2, 0.25) is 5.15 Å². The molecule has 1 aromatic heterocycles. The van der Waals surface area contributed by atoms with E-state index in [1.807, 2.05) is 0 Å². The van der Waals surface area contributed by atoms with Gasteiger partial charge in [0.1, 0.15) is 4.60 Å². The molecule has 0 spiro atoms. The lowest BCUT2D eigenvalue weighted by Gasteiger charge is -2.15. The van der Waals surface area contributed by atoms with Crippen LogP contribution in [0.5, 0.6) is 0 Å². The Labute approximate surface area is 116 Å². The summed E-state index contributed by atoms with van der Waals surface area (Å²) in [5.41, 5.74) is 8.26. The summed E-state index contributed by atoms with van der Waals surface area (Å²) in [7, 11) is 0. The van der Waals surface area contributed by atoms with Crippen LogP contribution in [0.25, 0.3) is 10.4 Å². The average molecular weight is 332 g/mol. The third kappa shape index (κ3) is 2.72. The first-order valence-corrected chi connectivity index (χ1v) is 6.28. The molecule has 0 bridgehead atoms. The molecule has 94 valence electrons. The monoisotopic (exact) mass is 330 g/mol. The fraction of sp³-hybridized carbons (Fsp3) is 0.444. The average Bonchev–Trinajstić information content (AvgIpc) is 2.71. The van der Waals surface area contributed by atoms with Crippen molar-refractivity contribution in [2.45, 2.75) is 6.42 Å². The van der Waals surface area contributed by atoms with Crippen molar-refractivity contribution in [1.82, 2.24) is 9.97 Å². The predicted molar refractivity (Wildman–Crippen MR) is 69.2 cm³/mol. The van der Waals surface area contributed by atoms with Crippen LogP contribution in [0.4, 0.5) is 5.82 Å². The van der Waals surface area contributed by atoms with Crippen molar-refractivity contribution in [1.29, 1.82) is 0 Å². The lowest BCUT2D eigenvalue weighted by molar-refractivity contribution is -0.117. The quantitative estimate of drug-likeness (QED) is 0.484. The SMILES string of the molecule is [N-]=[N+]=NCC1CC(=O)N(c2cnc(Br)c(Cl)n2)C1. The highest BCUT2D eigenvalue weighted by molar-refractivity contribution is 9.10. The molecule has 1 saturated heterocycles. The van der Waals surface area contributed by atoms with Gasteiger partial charge in [-0.15, -0.1) is 0 Å². The van der Waals surface area contributed by atoms with Gasteiger partial charge in [0.2, 0.25) is 5.91 Å². The first-order chi connectivity index (χ1) is 8.61. The van der Waals surface area contributed by atoms with Crippen LogP contribution in [0, 0.1) is 5.92 Å². The Kier molecular flexibility index (Phi) is 4.00. The minimum atomic E-state index is -0.0687. The van der Waals surface area contributed by atoms with Crippen molar-refractivity contribution < 1.29 is 4.79 Å². The molecule has 1 aromatic rings. The third-order valence-corrected chi connectivity index (χ3v) is 3.63. The lowest BCUT2D eigenvalue weighted by atomic mass is 10.1. The zero-order valence-electron chi connectivity index (χ0n) is 9.12. The van der Waals surface area contributed by atoms with Crippen molar-refractivity contribution in [3.8, 4) is 0 Å². The van der Waals surface area contributed by atoms with E-state index in [0.29, 0.717) is 29.9 Å². The molecular formula is C9H8BrClN6O. The Balaban J connectivity index is 2.16. The van der Waals surface area contributed by atoms with E-state index < -0.39 is 0 Å². The molecule has 1 aliphatic heterocycles. The van der Waals surface area contributed by atoms with Gasteiger partial charge in [-0.1, -0.05) is 16.7 Å². The van der Waals surface area contributed by atoms with Gasteiger partial charge in [0.15, 0.2) is 11.0 Å². The molecule has 0 saturated carbocycles. The topological polar surface area (TPSA) is 94.9 Å². The minimum absolute atomic E-state index is 0.0117. The molecule has 7 nitrogen and oxygen atoms in total. The molecule has 9 heteroatoms. The van der Waals surface area contributed by atoms with Crippen molar-refractivity contribution in [2.75, 3.05) is 18.0 Å². The van der Waals surface area contributed by atoms with E-state index in [9.17, 15) is 4.79 Å². The summed E-state index contributed by atoms with van der Waals surface area (Å²) in [6, 6.07) is 0. The number of nitrogens with zero attached hydrogens (tertiary/aromatic N) is 6. The van der Waals surface area contributed by atoms with Gasteiger partial charge in [-0.2, -0.15) is 0 Å². The van der Waals surface area contributed by atoms with E-state index in [1.165, 1.54) is 11.1 Å². The number of azide groups is 1. The van der Waals surface area contributed by atoms with Crippen molar-refractivity contribution in [3.05, 3.63) is 26.4 Å². The minimum Gasteiger partial charge on any atom is -0.295 e. The Morgan fingerprint density at radius 1 is 1.72 bits per heavy atom. The van der Waals surface area contributed by atoms with Crippen LogP contribution in [-0.2, 0) is 4.79 Å². The first-order valence-electron chi connectivity index (χ1n) is 5.11. The van der Waals surface area contributed by atoms with E-state index in [-0.39, 0.29) is 17.0 Å². The van der Waals surface area contributed by atoms with Gasteiger partial charge >= 0.3 is 0 Å². The molecule has 0 radical (unpaired) electrons. The fourth-order valence-electron chi connectivity index (χ4n) is 1.75. The smallest absolute Gasteiger partial charge is 0.228 e. The highest BCUT2D eigenvalue weighted by Crippen LogP contribution is 2.26. The first kappa shape index (κ1) is 13.1. The summed E-state index contributed by atoms with van der Waals surface area (Å²) >= 11 is 8.97. The lowest BCUT2D eigenvalue weighted by Crippen LogP contribution is -2.26. The highest BCUT2D eigenvalue weighted by atomic mass is 79.9. The van der Waals surface area contributed by atoms with E-state index in [2.05, 4.69) is 35.9 Å². The number of halogens is 2. The number of anilines is 1. The highest BCUT2D eigenvalue weighted by Gasteiger charge is 2.31. The number of hydrogen-bond donors (Lipinski definition) is 0. The maximum absolute atomic E-state index is 11.8. The number of rotatable bonds is 3. The van der Waals surface area contributed by atoms with Gasteiger partial charge in [-0.25, -0.2) is 9.97 Å². The van der Waals surface area contributed by atoms with Crippen LogP contribution < -0.4 is 4.90 Å². The van der Waals surface area contributed by atoms with Gasteiger partial charge in [0, 0.05) is 24.4 Å². The summed E-state index contributed by atoms with van der Waals surface area (Å²) in [6.07, 6.45) is 1.82. The van der Waals surface area contributed by atoms with Crippen molar-refractivity contribution >= 4 is 39.3 Å². The van der Waals surface area contributed by atoms with Crippen LogP contribution in [0.15, 0.2) is 15.9 Å². The largest absolute Gasteiger partial charge is 0.295 e. The molecule has 1 amide bonds. The van der Waals surface area contributed by atoms with Crippen LogP contribution >= 0.6 is 27.5 Å². The molecule has 0 N–H and O–H groups in total.